The Kier molecular flexibility index (Phi) is 5.82. The molecule has 1 amide bonds. The Labute approximate surface area is 163 Å². The second-order valence-corrected chi connectivity index (χ2v) is 6.78. The van der Waals surface area contributed by atoms with Gasteiger partial charge in [-0.1, -0.05) is 23.4 Å². The van der Waals surface area contributed by atoms with Crippen molar-refractivity contribution in [3.8, 4) is 0 Å². The average molecular weight is 390 g/mol. The number of piperidine rings is 1. The van der Waals surface area contributed by atoms with Crippen molar-refractivity contribution in [2.45, 2.75) is 39.3 Å². The van der Waals surface area contributed by atoms with Gasteiger partial charge in [-0.05, 0) is 45.8 Å². The van der Waals surface area contributed by atoms with Gasteiger partial charge in [0.05, 0.1) is 18.3 Å². The fraction of sp³-hybridized carbons (Fsp3) is 0.421. The van der Waals surface area contributed by atoms with Gasteiger partial charge in [0.25, 0.3) is 5.91 Å². The standard InChI is InChI=1S/C19H23N5O2.ClH/c1-12-15-5-3-4-6-16(15)26-17(12)11-21-19(25)18-13(2)24(23-22-18)14-7-9-20-10-8-14;/h3-6,14,20H,7-11H2,1-2H3,(H,21,25);1H. The summed E-state index contributed by atoms with van der Waals surface area (Å²) in [5, 5.41) is 15.7. The van der Waals surface area contributed by atoms with Crippen LogP contribution in [-0.4, -0.2) is 34.0 Å². The van der Waals surface area contributed by atoms with E-state index in [1.807, 2.05) is 42.8 Å². The van der Waals surface area contributed by atoms with Crippen molar-refractivity contribution in [2.75, 3.05) is 13.1 Å². The molecule has 0 aliphatic carbocycles. The normalized spacial score (nSPS) is 14.9. The first-order valence-corrected chi connectivity index (χ1v) is 9.03. The zero-order chi connectivity index (χ0) is 18.1. The molecule has 7 nitrogen and oxygen atoms in total. The number of para-hydroxylation sites is 1. The third kappa shape index (κ3) is 3.70. The number of benzene rings is 1. The number of rotatable bonds is 4. The molecule has 1 aliphatic rings. The van der Waals surface area contributed by atoms with Crippen molar-refractivity contribution < 1.29 is 9.21 Å². The van der Waals surface area contributed by atoms with E-state index in [9.17, 15) is 4.79 Å². The molecule has 0 spiro atoms. The summed E-state index contributed by atoms with van der Waals surface area (Å²) in [6.45, 7) is 6.18. The highest BCUT2D eigenvalue weighted by molar-refractivity contribution is 5.93. The topological polar surface area (TPSA) is 85.0 Å². The van der Waals surface area contributed by atoms with E-state index in [-0.39, 0.29) is 18.3 Å². The van der Waals surface area contributed by atoms with Gasteiger partial charge < -0.3 is 15.1 Å². The molecule has 2 aromatic heterocycles. The summed E-state index contributed by atoms with van der Waals surface area (Å²) in [4.78, 5) is 12.6. The molecule has 1 saturated heterocycles. The van der Waals surface area contributed by atoms with E-state index in [1.54, 1.807) is 0 Å². The van der Waals surface area contributed by atoms with Gasteiger partial charge in [-0.25, -0.2) is 4.68 Å². The maximum Gasteiger partial charge on any atom is 0.274 e. The van der Waals surface area contributed by atoms with E-state index in [4.69, 9.17) is 4.42 Å². The van der Waals surface area contributed by atoms with Gasteiger partial charge in [0.1, 0.15) is 11.3 Å². The largest absolute Gasteiger partial charge is 0.459 e. The number of amides is 1. The lowest BCUT2D eigenvalue weighted by atomic mass is 10.1. The SMILES string of the molecule is Cc1c(CNC(=O)c2nnn(C3CCNCC3)c2C)oc2ccccc12.Cl. The molecule has 0 unspecified atom stereocenters. The van der Waals surface area contributed by atoms with Crippen LogP contribution in [0, 0.1) is 13.8 Å². The summed E-state index contributed by atoms with van der Waals surface area (Å²) < 4.78 is 7.74. The van der Waals surface area contributed by atoms with Crippen molar-refractivity contribution in [1.82, 2.24) is 25.6 Å². The number of hydrogen-bond acceptors (Lipinski definition) is 5. The van der Waals surface area contributed by atoms with Crippen molar-refractivity contribution in [2.24, 2.45) is 0 Å². The van der Waals surface area contributed by atoms with Crippen LogP contribution in [0.1, 0.15) is 46.4 Å². The second-order valence-electron chi connectivity index (χ2n) is 6.78. The Morgan fingerprint density at radius 1 is 1.30 bits per heavy atom. The smallest absolute Gasteiger partial charge is 0.274 e. The number of furan rings is 1. The fourth-order valence-corrected chi connectivity index (χ4v) is 3.59. The Balaban J connectivity index is 0.00000210. The zero-order valence-corrected chi connectivity index (χ0v) is 16.3. The average Bonchev–Trinajstić information content (AvgIpc) is 3.21. The lowest BCUT2D eigenvalue weighted by molar-refractivity contribution is 0.0942. The molecule has 0 bridgehead atoms. The summed E-state index contributed by atoms with van der Waals surface area (Å²) in [7, 11) is 0. The molecular formula is C19H24ClN5O2. The summed E-state index contributed by atoms with van der Waals surface area (Å²) in [5.74, 6) is 0.547. The van der Waals surface area contributed by atoms with Gasteiger partial charge in [0, 0.05) is 10.9 Å². The first kappa shape index (κ1) is 19.4. The molecule has 0 atom stereocenters. The Morgan fingerprint density at radius 2 is 2.04 bits per heavy atom. The second kappa shape index (κ2) is 8.10. The number of hydrogen-bond donors (Lipinski definition) is 2. The third-order valence-electron chi connectivity index (χ3n) is 5.15. The van der Waals surface area contributed by atoms with E-state index >= 15 is 0 Å². The summed E-state index contributed by atoms with van der Waals surface area (Å²) in [5.41, 5.74) is 3.09. The number of aromatic nitrogens is 3. The molecule has 27 heavy (non-hydrogen) atoms. The number of carbonyl (C=O) groups excluding carboxylic acids is 1. The minimum atomic E-state index is -0.220. The molecule has 3 aromatic rings. The summed E-state index contributed by atoms with van der Waals surface area (Å²) in [6.07, 6.45) is 2.01. The van der Waals surface area contributed by atoms with Crippen molar-refractivity contribution >= 4 is 29.3 Å². The number of nitrogens with zero attached hydrogens (tertiary/aromatic N) is 3. The third-order valence-corrected chi connectivity index (χ3v) is 5.15. The minimum absolute atomic E-state index is 0. The summed E-state index contributed by atoms with van der Waals surface area (Å²) in [6, 6.07) is 8.19. The Bertz CT molecular complexity index is 943. The van der Waals surface area contributed by atoms with Crippen LogP contribution in [0.4, 0.5) is 0 Å². The number of fused-ring (bicyclic) bond motifs is 1. The molecule has 4 rings (SSSR count). The van der Waals surface area contributed by atoms with E-state index < -0.39 is 0 Å². The number of nitrogens with one attached hydrogen (secondary N) is 2. The first-order valence-electron chi connectivity index (χ1n) is 9.03. The molecule has 2 N–H and O–H groups in total. The van der Waals surface area contributed by atoms with Gasteiger partial charge in [0.2, 0.25) is 0 Å². The van der Waals surface area contributed by atoms with Gasteiger partial charge >= 0.3 is 0 Å². The van der Waals surface area contributed by atoms with E-state index in [1.165, 1.54) is 0 Å². The van der Waals surface area contributed by atoms with E-state index in [2.05, 4.69) is 20.9 Å². The van der Waals surface area contributed by atoms with E-state index in [0.717, 1.165) is 53.9 Å². The Morgan fingerprint density at radius 3 is 2.78 bits per heavy atom. The maximum absolute atomic E-state index is 12.6. The molecule has 0 radical (unpaired) electrons. The van der Waals surface area contributed by atoms with Crippen LogP contribution in [0.2, 0.25) is 0 Å². The number of halogens is 1. The van der Waals surface area contributed by atoms with E-state index in [0.29, 0.717) is 18.3 Å². The van der Waals surface area contributed by atoms with Gasteiger partial charge in [0.15, 0.2) is 5.69 Å². The molecule has 1 aliphatic heterocycles. The van der Waals surface area contributed by atoms with Crippen LogP contribution >= 0.6 is 12.4 Å². The lowest BCUT2D eigenvalue weighted by Gasteiger charge is -2.23. The lowest BCUT2D eigenvalue weighted by Crippen LogP contribution is -2.30. The quantitative estimate of drug-likeness (QED) is 0.716. The highest BCUT2D eigenvalue weighted by Gasteiger charge is 2.23. The highest BCUT2D eigenvalue weighted by Crippen LogP contribution is 2.25. The number of aryl methyl sites for hydroxylation is 1. The van der Waals surface area contributed by atoms with Crippen molar-refractivity contribution in [3.63, 3.8) is 0 Å². The fourth-order valence-electron chi connectivity index (χ4n) is 3.59. The molecule has 1 fully saturated rings. The van der Waals surface area contributed by atoms with Crippen LogP contribution in [-0.2, 0) is 6.54 Å². The van der Waals surface area contributed by atoms with Gasteiger partial charge in [-0.15, -0.1) is 17.5 Å². The maximum atomic E-state index is 12.6. The zero-order valence-electron chi connectivity index (χ0n) is 15.5. The highest BCUT2D eigenvalue weighted by atomic mass is 35.5. The predicted molar refractivity (Wildman–Crippen MR) is 105 cm³/mol. The van der Waals surface area contributed by atoms with Gasteiger partial charge in [-0.2, -0.15) is 0 Å². The van der Waals surface area contributed by atoms with Crippen LogP contribution < -0.4 is 10.6 Å². The molecular weight excluding hydrogens is 366 g/mol. The van der Waals surface area contributed by atoms with Gasteiger partial charge in [-0.3, -0.25) is 4.79 Å². The van der Waals surface area contributed by atoms with Crippen LogP contribution in [0.3, 0.4) is 0 Å². The number of carbonyl (C=O) groups is 1. The monoisotopic (exact) mass is 389 g/mol. The predicted octanol–water partition coefficient (Wildman–Crippen LogP) is 2.92. The molecule has 1 aromatic carbocycles. The van der Waals surface area contributed by atoms with Crippen LogP contribution in [0.25, 0.3) is 11.0 Å². The molecule has 8 heteroatoms. The molecule has 144 valence electrons. The summed E-state index contributed by atoms with van der Waals surface area (Å²) >= 11 is 0. The molecule has 0 saturated carbocycles. The van der Waals surface area contributed by atoms with Crippen LogP contribution in [0.5, 0.6) is 0 Å². The van der Waals surface area contributed by atoms with Crippen LogP contribution in [0.15, 0.2) is 28.7 Å². The first-order chi connectivity index (χ1) is 12.6. The van der Waals surface area contributed by atoms with Crippen molar-refractivity contribution in [1.29, 1.82) is 0 Å². The Hall–Kier alpha value is -2.38. The molecule has 3 heterocycles. The van der Waals surface area contributed by atoms with Crippen molar-refractivity contribution in [3.05, 3.63) is 47.0 Å². The minimum Gasteiger partial charge on any atom is -0.459 e.